The fourth-order valence-corrected chi connectivity index (χ4v) is 10.4. The van der Waals surface area contributed by atoms with E-state index in [1.807, 2.05) is 50.2 Å². The van der Waals surface area contributed by atoms with Crippen LogP contribution >= 0.6 is 0 Å². The average molecular weight is 429 g/mol. The lowest BCUT2D eigenvalue weighted by Gasteiger charge is -2.49. The number of aliphatic carboxylic acids is 1. The Morgan fingerprint density at radius 3 is 1.73 bits per heavy atom. The molecule has 0 heterocycles. The van der Waals surface area contributed by atoms with Crippen molar-refractivity contribution in [3.63, 3.8) is 0 Å². The second-order valence-corrected chi connectivity index (χ2v) is 14.4. The number of ketones is 1. The number of carbonyl (C=O) groups excluding carboxylic acids is 1. The van der Waals surface area contributed by atoms with Crippen LogP contribution in [0.25, 0.3) is 0 Å². The fraction of sp³-hybridized carbons (Fsp3) is 0.440. The van der Waals surface area contributed by atoms with Gasteiger partial charge in [0.25, 0.3) is 0 Å². The number of carboxylic acid groups (broad SMARTS) is 1. The first-order valence-electron chi connectivity index (χ1n) is 11.2. The highest BCUT2D eigenvalue weighted by Gasteiger charge is 2.51. The number of carbonyl (C=O) groups is 2. The van der Waals surface area contributed by atoms with Gasteiger partial charge in [0.2, 0.25) is 5.78 Å². The van der Waals surface area contributed by atoms with E-state index in [1.54, 1.807) is 0 Å². The first kappa shape index (κ1) is 21.0. The minimum Gasteiger partial charge on any atom is -0.476 e. The van der Waals surface area contributed by atoms with Crippen molar-refractivity contribution >= 4 is 30.2 Å². The second-order valence-electron chi connectivity index (χ2n) is 9.58. The minimum absolute atomic E-state index is 0.150. The van der Waals surface area contributed by atoms with E-state index in [-0.39, 0.29) is 5.04 Å². The van der Waals surface area contributed by atoms with Gasteiger partial charge in [-0.3, -0.25) is 4.79 Å². The maximum absolute atomic E-state index is 11.8. The lowest BCUT2D eigenvalue weighted by atomic mass is 9.85. The van der Waals surface area contributed by atoms with Crippen LogP contribution in [0.2, 0.25) is 11.1 Å². The number of benzene rings is 2. The lowest BCUT2D eigenvalue weighted by Crippen LogP contribution is -2.66. The summed E-state index contributed by atoms with van der Waals surface area (Å²) < 4.78 is 15.9. The molecule has 30 heavy (non-hydrogen) atoms. The fourth-order valence-electron chi connectivity index (χ4n) is 4.29. The number of hydrogen-bond donors (Lipinski definition) is 2. The van der Waals surface area contributed by atoms with E-state index in [0.29, 0.717) is 6.04 Å². The Balaban J connectivity index is 2.58. The molecule has 0 aliphatic heterocycles. The third-order valence-electron chi connectivity index (χ3n) is 6.09. The zero-order valence-electron chi connectivity index (χ0n) is 20.5. The zero-order chi connectivity index (χ0) is 24.4. The minimum atomic E-state index is -2.64. The highest BCUT2D eigenvalue weighted by atomic mass is 28.3. The van der Waals surface area contributed by atoms with Gasteiger partial charge in [-0.25, -0.2) is 4.79 Å². The van der Waals surface area contributed by atoms with Gasteiger partial charge in [-0.1, -0.05) is 106 Å². The maximum Gasteiger partial charge on any atom is 0.372 e. The molecule has 0 saturated heterocycles. The smallest absolute Gasteiger partial charge is 0.372 e. The molecular weight excluding hydrogens is 392 g/mol. The van der Waals surface area contributed by atoms with E-state index in [1.165, 1.54) is 10.4 Å². The van der Waals surface area contributed by atoms with Crippen molar-refractivity contribution in [2.24, 2.45) is 5.41 Å². The Morgan fingerprint density at radius 2 is 1.37 bits per heavy atom. The van der Waals surface area contributed by atoms with Crippen LogP contribution in [0.15, 0.2) is 60.7 Å². The summed E-state index contributed by atoms with van der Waals surface area (Å²) in [6.45, 7) is 10.4. The van der Waals surface area contributed by atoms with Crippen molar-refractivity contribution in [1.29, 1.82) is 0 Å². The molecule has 0 fully saturated rings. The summed E-state index contributed by atoms with van der Waals surface area (Å²) in [7, 11) is -2.56. The SMILES string of the molecule is [2H]C([2H])(CC(O)C(C)(C)C[Si](c1ccccc1)(c1ccccc1)C(C)(C)C)C(=O)C(=O)O. The van der Waals surface area contributed by atoms with Crippen molar-refractivity contribution in [3.05, 3.63) is 60.7 Å². The largest absolute Gasteiger partial charge is 0.476 e. The van der Waals surface area contributed by atoms with Crippen LogP contribution in [-0.4, -0.2) is 36.1 Å². The van der Waals surface area contributed by atoms with Crippen molar-refractivity contribution in [2.75, 3.05) is 0 Å². The first-order valence-corrected chi connectivity index (χ1v) is 12.4. The van der Waals surface area contributed by atoms with Crippen LogP contribution in [0.3, 0.4) is 0 Å². The molecule has 162 valence electrons. The van der Waals surface area contributed by atoms with E-state index >= 15 is 0 Å². The summed E-state index contributed by atoms with van der Waals surface area (Å²) in [6.07, 6.45) is -4.42. The van der Waals surface area contributed by atoms with Gasteiger partial charge in [-0.05, 0) is 22.9 Å². The molecule has 4 nitrogen and oxygen atoms in total. The summed E-state index contributed by atoms with van der Waals surface area (Å²) in [5, 5.41) is 22.3. The van der Waals surface area contributed by atoms with Crippen LogP contribution in [-0.2, 0) is 9.59 Å². The molecule has 0 aromatic heterocycles. The molecule has 1 atom stereocenters. The number of aliphatic hydroxyl groups is 1. The third-order valence-corrected chi connectivity index (χ3v) is 12.7. The number of hydrogen-bond acceptors (Lipinski definition) is 3. The zero-order valence-corrected chi connectivity index (χ0v) is 19.5. The highest BCUT2D eigenvalue weighted by molar-refractivity contribution is 7.04. The first-order chi connectivity index (χ1) is 14.6. The second kappa shape index (κ2) is 9.27. The highest BCUT2D eigenvalue weighted by Crippen LogP contribution is 2.45. The van der Waals surface area contributed by atoms with Crippen molar-refractivity contribution in [2.45, 2.75) is 64.6 Å². The van der Waals surface area contributed by atoms with E-state index in [9.17, 15) is 14.7 Å². The maximum atomic E-state index is 11.8. The van der Waals surface area contributed by atoms with Gasteiger partial charge < -0.3 is 10.2 Å². The van der Waals surface area contributed by atoms with Crippen LogP contribution in [0.5, 0.6) is 0 Å². The molecule has 2 aromatic rings. The van der Waals surface area contributed by atoms with E-state index in [2.05, 4.69) is 45.0 Å². The standard InChI is InChI=1S/C25H34O4Si/c1-24(2,3)30(19-12-8-6-9-13-19,20-14-10-7-11-15-20)18-25(4,5)22(27)17-16-21(26)23(28)29/h6-15,22,27H,16-18H2,1-5H3,(H,28,29)/i16D2. The molecule has 2 N–H and O–H groups in total. The number of rotatable bonds is 9. The quantitative estimate of drug-likeness (QED) is 0.470. The summed E-state index contributed by atoms with van der Waals surface area (Å²) >= 11 is 0. The molecule has 0 aliphatic carbocycles. The Bertz CT molecular complexity index is 898. The van der Waals surface area contributed by atoms with Gasteiger partial charge in [0, 0.05) is 9.11 Å². The predicted octanol–water partition coefficient (Wildman–Crippen LogP) is 3.87. The van der Waals surface area contributed by atoms with Crippen LogP contribution in [0, 0.1) is 5.41 Å². The van der Waals surface area contributed by atoms with Gasteiger partial charge in [-0.2, -0.15) is 0 Å². The Morgan fingerprint density at radius 1 is 0.933 bits per heavy atom. The molecule has 0 spiro atoms. The van der Waals surface area contributed by atoms with Crippen molar-refractivity contribution in [1.82, 2.24) is 0 Å². The Kier molecular flexibility index (Phi) is 6.49. The normalized spacial score (nSPS) is 15.1. The summed E-state index contributed by atoms with van der Waals surface area (Å²) in [5.41, 5.74) is -0.780. The molecule has 0 aliphatic rings. The summed E-state index contributed by atoms with van der Waals surface area (Å²) in [4.78, 5) is 22.9. The molecule has 0 saturated carbocycles. The molecular formula is C25H34O4Si. The molecule has 2 aromatic carbocycles. The molecule has 2 rings (SSSR count). The number of aliphatic hydroxyl groups excluding tert-OH is 1. The van der Waals surface area contributed by atoms with Crippen molar-refractivity contribution < 1.29 is 22.5 Å². The molecule has 0 radical (unpaired) electrons. The van der Waals surface area contributed by atoms with Gasteiger partial charge in [-0.15, -0.1) is 0 Å². The molecule has 1 unspecified atom stereocenters. The van der Waals surface area contributed by atoms with Crippen molar-refractivity contribution in [3.8, 4) is 0 Å². The van der Waals surface area contributed by atoms with Gasteiger partial charge >= 0.3 is 5.97 Å². The predicted molar refractivity (Wildman–Crippen MR) is 124 cm³/mol. The van der Waals surface area contributed by atoms with Crippen LogP contribution < -0.4 is 10.4 Å². The Hall–Kier alpha value is -2.24. The summed E-state index contributed by atoms with van der Waals surface area (Å²) in [5.74, 6) is -3.36. The topological polar surface area (TPSA) is 74.6 Å². The number of Topliss-reactive ketones (excluding diaryl/α,β-unsaturated/α-hetero) is 1. The summed E-state index contributed by atoms with van der Waals surface area (Å²) in [6, 6.07) is 21.1. The molecule has 5 heteroatoms. The van der Waals surface area contributed by atoms with Crippen LogP contribution in [0.1, 0.15) is 50.2 Å². The van der Waals surface area contributed by atoms with E-state index in [4.69, 9.17) is 7.85 Å². The van der Waals surface area contributed by atoms with Gasteiger partial charge in [0.1, 0.15) is 8.07 Å². The Labute approximate surface area is 183 Å². The number of carboxylic acids is 1. The molecule has 0 amide bonds. The van der Waals surface area contributed by atoms with Gasteiger partial charge in [0.15, 0.2) is 0 Å². The molecule has 0 bridgehead atoms. The van der Waals surface area contributed by atoms with E-state index < -0.39 is 44.1 Å². The van der Waals surface area contributed by atoms with Crippen LogP contribution in [0.4, 0.5) is 0 Å². The average Bonchev–Trinajstić information content (AvgIpc) is 2.71. The monoisotopic (exact) mass is 428 g/mol. The van der Waals surface area contributed by atoms with E-state index in [0.717, 1.165) is 0 Å². The lowest BCUT2D eigenvalue weighted by molar-refractivity contribution is -0.149. The van der Waals surface area contributed by atoms with Gasteiger partial charge in [0.05, 0.1) is 6.10 Å². The third kappa shape index (κ3) is 5.08.